The highest BCUT2D eigenvalue weighted by molar-refractivity contribution is 6.32. The minimum atomic E-state index is -0.594. The average Bonchev–Trinajstić information content (AvgIpc) is 3.28. The molecule has 8 aromatic rings. The smallest absolute Gasteiger partial charge is 0.259 e. The zero-order chi connectivity index (χ0) is 44.2. The lowest BCUT2D eigenvalue weighted by Crippen LogP contribution is -2.14. The number of phenolic OH excluding ortho intramolecular Hbond substituents is 2. The van der Waals surface area contributed by atoms with Gasteiger partial charge < -0.3 is 26.2 Å². The maximum Gasteiger partial charge on any atom is 0.259 e. The number of anilines is 3. The SMILES string of the molecule is Cc1c(Cl)cccc1N=Nc1c(O)c(C(=O)Nc2ccc(NC(=O)c3ccc(NC(=O)c4cc5ccccc5c(N=Nc5cccc(Cl)c5C)c4O)cc3)cc2)cc2ccccc12. The molecule has 0 heterocycles. The Balaban J connectivity index is 0.931. The average molecular weight is 873 g/mol. The molecule has 0 unspecified atom stereocenters. The van der Waals surface area contributed by atoms with E-state index in [1.807, 2.05) is 32.0 Å². The van der Waals surface area contributed by atoms with Crippen LogP contribution in [0.5, 0.6) is 11.5 Å². The van der Waals surface area contributed by atoms with Crippen molar-refractivity contribution in [3.05, 3.63) is 183 Å². The van der Waals surface area contributed by atoms with Crippen molar-refractivity contribution in [2.24, 2.45) is 20.5 Å². The van der Waals surface area contributed by atoms with Crippen LogP contribution in [0.25, 0.3) is 21.5 Å². The van der Waals surface area contributed by atoms with E-state index in [-0.39, 0.29) is 34.0 Å². The third-order valence-corrected chi connectivity index (χ3v) is 11.1. The quantitative estimate of drug-likeness (QED) is 0.0857. The third-order valence-electron chi connectivity index (χ3n) is 10.3. The van der Waals surface area contributed by atoms with Crippen molar-refractivity contribution < 1.29 is 24.6 Å². The summed E-state index contributed by atoms with van der Waals surface area (Å²) in [4.78, 5) is 40.3. The van der Waals surface area contributed by atoms with Gasteiger partial charge in [-0.05, 0) is 121 Å². The first-order valence-corrected chi connectivity index (χ1v) is 20.2. The van der Waals surface area contributed by atoms with Crippen molar-refractivity contribution in [2.75, 3.05) is 16.0 Å². The summed E-state index contributed by atoms with van der Waals surface area (Å²) in [7, 11) is 0. The second kappa shape index (κ2) is 18.0. The van der Waals surface area contributed by atoms with E-state index >= 15 is 0 Å². The minimum absolute atomic E-state index is 0.00671. The Labute approximate surface area is 370 Å². The Morgan fingerprint density at radius 1 is 0.460 bits per heavy atom. The van der Waals surface area contributed by atoms with Crippen LogP contribution >= 0.6 is 23.2 Å². The van der Waals surface area contributed by atoms with E-state index in [4.69, 9.17) is 23.2 Å². The molecule has 0 aliphatic carbocycles. The highest BCUT2D eigenvalue weighted by Gasteiger charge is 2.21. The van der Waals surface area contributed by atoms with E-state index in [1.165, 1.54) is 0 Å². The van der Waals surface area contributed by atoms with Crippen LogP contribution in [0.15, 0.2) is 166 Å². The standard InChI is InChI=1S/C49H35Cl2N7O5/c1-27-39(50)13-7-15-41(27)55-57-43-35-11-5-3-9-30(35)25-37(45(43)59)48(62)53-32-19-17-29(18-20-32)47(61)52-33-21-23-34(24-22-33)54-49(63)38-26-31-10-4-6-12-36(31)44(46(38)60)58-56-42-16-8-14-40(51)28(42)2/h3-26,59-60H,1-2H3,(H,52,61)(H,53,62)(H,54,63). The van der Waals surface area contributed by atoms with Crippen LogP contribution in [0.1, 0.15) is 42.2 Å². The summed E-state index contributed by atoms with van der Waals surface area (Å²) < 4.78 is 0. The fraction of sp³-hybridized carbons (Fsp3) is 0.0408. The van der Waals surface area contributed by atoms with Gasteiger partial charge in [0.05, 0.1) is 22.5 Å². The largest absolute Gasteiger partial charge is 0.505 e. The molecule has 0 atom stereocenters. The number of nitrogens with zero attached hydrogens (tertiary/aromatic N) is 4. The molecule has 0 bridgehead atoms. The summed E-state index contributed by atoms with van der Waals surface area (Å²) in [5.74, 6) is -2.28. The van der Waals surface area contributed by atoms with Gasteiger partial charge >= 0.3 is 0 Å². The number of hydrogen-bond acceptors (Lipinski definition) is 9. The normalized spacial score (nSPS) is 11.4. The fourth-order valence-corrected chi connectivity index (χ4v) is 7.08. The summed E-state index contributed by atoms with van der Waals surface area (Å²) >= 11 is 12.5. The molecule has 8 rings (SSSR count). The molecule has 310 valence electrons. The van der Waals surface area contributed by atoms with Gasteiger partial charge in [0.2, 0.25) is 0 Å². The molecular weight excluding hydrogens is 837 g/mol. The Morgan fingerprint density at radius 2 is 0.841 bits per heavy atom. The minimum Gasteiger partial charge on any atom is -0.505 e. The number of nitrogens with one attached hydrogen (secondary N) is 3. The lowest BCUT2D eigenvalue weighted by molar-refractivity contribution is 0.101. The molecule has 3 amide bonds. The van der Waals surface area contributed by atoms with Crippen molar-refractivity contribution in [1.29, 1.82) is 0 Å². The first-order chi connectivity index (χ1) is 30.4. The molecule has 0 aliphatic heterocycles. The highest BCUT2D eigenvalue weighted by atomic mass is 35.5. The Morgan fingerprint density at radius 3 is 1.27 bits per heavy atom. The number of fused-ring (bicyclic) bond motifs is 2. The van der Waals surface area contributed by atoms with Crippen LogP contribution in [0, 0.1) is 13.8 Å². The van der Waals surface area contributed by atoms with Crippen molar-refractivity contribution >= 4 is 102 Å². The van der Waals surface area contributed by atoms with E-state index in [0.717, 1.165) is 11.1 Å². The molecule has 0 aromatic heterocycles. The van der Waals surface area contributed by atoms with E-state index in [1.54, 1.807) is 127 Å². The number of carbonyl (C=O) groups is 3. The summed E-state index contributed by atoms with van der Waals surface area (Å²) in [6, 6.07) is 40.8. The monoisotopic (exact) mass is 871 g/mol. The first kappa shape index (κ1) is 41.8. The lowest BCUT2D eigenvalue weighted by atomic mass is 10.0. The molecule has 63 heavy (non-hydrogen) atoms. The van der Waals surface area contributed by atoms with E-state index < -0.39 is 17.7 Å². The van der Waals surface area contributed by atoms with Gasteiger partial charge in [0.25, 0.3) is 17.7 Å². The van der Waals surface area contributed by atoms with Gasteiger partial charge in [0, 0.05) is 43.4 Å². The zero-order valence-electron chi connectivity index (χ0n) is 33.5. The van der Waals surface area contributed by atoms with Crippen molar-refractivity contribution in [1.82, 2.24) is 0 Å². The molecule has 5 N–H and O–H groups in total. The molecule has 12 nitrogen and oxygen atoms in total. The summed E-state index contributed by atoms with van der Waals surface area (Å²) in [6.07, 6.45) is 0. The van der Waals surface area contributed by atoms with Crippen LogP contribution in [0.3, 0.4) is 0 Å². The number of hydrogen-bond donors (Lipinski definition) is 5. The second-order valence-corrected chi connectivity index (χ2v) is 15.2. The van der Waals surface area contributed by atoms with E-state index in [9.17, 15) is 24.6 Å². The molecular formula is C49H35Cl2N7O5. The number of aromatic hydroxyl groups is 2. The molecule has 8 aromatic carbocycles. The molecule has 0 aliphatic rings. The van der Waals surface area contributed by atoms with Crippen LogP contribution in [0.2, 0.25) is 10.0 Å². The lowest BCUT2D eigenvalue weighted by Gasteiger charge is -2.12. The summed E-state index contributed by atoms with van der Waals surface area (Å²) in [5.41, 5.74) is 4.27. The third kappa shape index (κ3) is 8.94. The van der Waals surface area contributed by atoms with E-state index in [0.29, 0.717) is 65.6 Å². The Bertz CT molecular complexity index is 3170. The van der Waals surface area contributed by atoms with Crippen molar-refractivity contribution in [3.63, 3.8) is 0 Å². The maximum absolute atomic E-state index is 13.5. The fourth-order valence-electron chi connectivity index (χ4n) is 6.74. The summed E-state index contributed by atoms with van der Waals surface area (Å²) in [6.45, 7) is 3.63. The Kier molecular flexibility index (Phi) is 11.9. The maximum atomic E-state index is 13.5. The number of rotatable bonds is 10. The highest BCUT2D eigenvalue weighted by Crippen LogP contribution is 2.42. The molecule has 0 saturated carbocycles. The number of phenols is 2. The van der Waals surface area contributed by atoms with Crippen molar-refractivity contribution in [2.45, 2.75) is 13.8 Å². The van der Waals surface area contributed by atoms with Crippen LogP contribution in [-0.2, 0) is 0 Å². The number of carbonyl (C=O) groups excluding carboxylic acids is 3. The van der Waals surface area contributed by atoms with Gasteiger partial charge in [0.1, 0.15) is 11.4 Å². The first-order valence-electron chi connectivity index (χ1n) is 19.4. The number of halogens is 2. The number of benzene rings is 8. The Hall–Kier alpha value is -7.93. The topological polar surface area (TPSA) is 177 Å². The molecule has 0 saturated heterocycles. The van der Waals surface area contributed by atoms with Gasteiger partial charge in [0.15, 0.2) is 11.5 Å². The second-order valence-electron chi connectivity index (χ2n) is 14.4. The van der Waals surface area contributed by atoms with Crippen molar-refractivity contribution in [3.8, 4) is 11.5 Å². The van der Waals surface area contributed by atoms with Crippen LogP contribution < -0.4 is 16.0 Å². The van der Waals surface area contributed by atoms with Crippen LogP contribution in [-0.4, -0.2) is 27.9 Å². The van der Waals surface area contributed by atoms with Gasteiger partial charge in [-0.3, -0.25) is 14.4 Å². The number of amides is 3. The van der Waals surface area contributed by atoms with Gasteiger partial charge in [-0.25, -0.2) is 0 Å². The molecule has 0 spiro atoms. The predicted octanol–water partition coefficient (Wildman–Crippen LogP) is 13.9. The van der Waals surface area contributed by atoms with Crippen LogP contribution in [0.4, 0.5) is 39.8 Å². The molecule has 0 radical (unpaired) electrons. The van der Waals surface area contributed by atoms with Gasteiger partial charge in [-0.2, -0.15) is 10.2 Å². The molecule has 14 heteroatoms. The number of azo groups is 2. The molecule has 0 fully saturated rings. The van der Waals surface area contributed by atoms with Gasteiger partial charge in [-0.15, -0.1) is 10.2 Å². The predicted molar refractivity (Wildman–Crippen MR) is 249 cm³/mol. The summed E-state index contributed by atoms with van der Waals surface area (Å²) in [5, 5.41) is 51.9. The van der Waals surface area contributed by atoms with Gasteiger partial charge in [-0.1, -0.05) is 83.9 Å². The zero-order valence-corrected chi connectivity index (χ0v) is 35.0. The van der Waals surface area contributed by atoms with E-state index in [2.05, 4.69) is 36.4 Å².